The van der Waals surface area contributed by atoms with Crippen molar-refractivity contribution in [3.63, 3.8) is 0 Å². The Hall–Kier alpha value is -0.750. The molecule has 0 aromatic carbocycles. The lowest BCUT2D eigenvalue weighted by molar-refractivity contribution is -0.137. The second-order valence-corrected chi connectivity index (χ2v) is 4.08. The van der Waals surface area contributed by atoms with Crippen molar-refractivity contribution in [2.24, 2.45) is 0 Å². The summed E-state index contributed by atoms with van der Waals surface area (Å²) in [5.41, 5.74) is -0.760. The molecule has 1 atom stereocenters. The molecule has 0 saturated heterocycles. The minimum Gasteiger partial charge on any atom is -0.393 e. The molecular weight excluding hydrogens is 227 g/mol. The number of hydrogen-bond acceptors (Lipinski definition) is 3. The predicted octanol–water partition coefficient (Wildman–Crippen LogP) is 2.57. The van der Waals surface area contributed by atoms with Gasteiger partial charge >= 0.3 is 6.18 Å². The Balaban J connectivity index is 2.65. The van der Waals surface area contributed by atoms with E-state index in [1.54, 1.807) is 6.92 Å². The second-order valence-electron chi connectivity index (χ2n) is 3.04. The SMILES string of the molecule is C[C@H](O)CSc1ccc(C(F)(F)F)cn1. The number of aliphatic hydroxyl groups is 1. The van der Waals surface area contributed by atoms with E-state index in [2.05, 4.69) is 4.98 Å². The van der Waals surface area contributed by atoms with Crippen molar-refractivity contribution in [3.05, 3.63) is 23.9 Å². The highest BCUT2D eigenvalue weighted by Crippen LogP contribution is 2.29. The molecule has 1 aromatic rings. The van der Waals surface area contributed by atoms with Gasteiger partial charge in [0.05, 0.1) is 16.7 Å². The maximum atomic E-state index is 12.1. The highest BCUT2D eigenvalue weighted by molar-refractivity contribution is 7.99. The van der Waals surface area contributed by atoms with Crippen LogP contribution in [0, 0.1) is 0 Å². The molecule has 84 valence electrons. The lowest BCUT2D eigenvalue weighted by atomic mass is 10.3. The summed E-state index contributed by atoms with van der Waals surface area (Å²) >= 11 is 1.22. The number of hydrogen-bond donors (Lipinski definition) is 1. The first kappa shape index (κ1) is 12.3. The molecule has 0 fully saturated rings. The van der Waals surface area contributed by atoms with Crippen LogP contribution in [0.2, 0.25) is 0 Å². The van der Waals surface area contributed by atoms with Crippen molar-refractivity contribution >= 4 is 11.8 Å². The minimum atomic E-state index is -4.35. The summed E-state index contributed by atoms with van der Waals surface area (Å²) in [6.45, 7) is 1.61. The summed E-state index contributed by atoms with van der Waals surface area (Å²) in [6, 6.07) is 2.28. The van der Waals surface area contributed by atoms with Crippen molar-refractivity contribution in [3.8, 4) is 0 Å². The number of halogens is 3. The van der Waals surface area contributed by atoms with Crippen LogP contribution in [-0.4, -0.2) is 21.9 Å². The number of thioether (sulfide) groups is 1. The Morgan fingerprint density at radius 2 is 2.13 bits per heavy atom. The summed E-state index contributed by atoms with van der Waals surface area (Å²) in [6.07, 6.45) is -4.05. The van der Waals surface area contributed by atoms with Gasteiger partial charge in [-0.3, -0.25) is 0 Å². The van der Waals surface area contributed by atoms with Gasteiger partial charge in [-0.2, -0.15) is 13.2 Å². The average Bonchev–Trinajstić information content (AvgIpc) is 2.14. The van der Waals surface area contributed by atoms with E-state index in [0.717, 1.165) is 12.3 Å². The van der Waals surface area contributed by atoms with E-state index in [1.165, 1.54) is 17.8 Å². The fourth-order valence-electron chi connectivity index (χ4n) is 0.839. The molecule has 1 aromatic heterocycles. The van der Waals surface area contributed by atoms with E-state index in [0.29, 0.717) is 10.8 Å². The summed E-state index contributed by atoms with van der Waals surface area (Å²) in [5, 5.41) is 9.44. The Kier molecular flexibility index (Phi) is 3.98. The monoisotopic (exact) mass is 237 g/mol. The van der Waals surface area contributed by atoms with E-state index in [-0.39, 0.29) is 0 Å². The van der Waals surface area contributed by atoms with Crippen molar-refractivity contribution in [2.75, 3.05) is 5.75 Å². The first-order valence-corrected chi connectivity index (χ1v) is 5.22. The molecule has 0 aliphatic heterocycles. The van der Waals surface area contributed by atoms with Crippen LogP contribution in [0.4, 0.5) is 13.2 Å². The smallest absolute Gasteiger partial charge is 0.393 e. The van der Waals surface area contributed by atoms with Gasteiger partial charge in [-0.25, -0.2) is 4.98 Å². The number of alkyl halides is 3. The Bertz CT molecular complexity index is 310. The van der Waals surface area contributed by atoms with Gasteiger partial charge in [0.15, 0.2) is 0 Å². The Morgan fingerprint density at radius 1 is 1.47 bits per heavy atom. The van der Waals surface area contributed by atoms with Gasteiger partial charge in [0.25, 0.3) is 0 Å². The topological polar surface area (TPSA) is 33.1 Å². The summed E-state index contributed by atoms with van der Waals surface area (Å²) in [4.78, 5) is 3.65. The standard InChI is InChI=1S/C9H10F3NOS/c1-6(14)5-15-8-3-2-7(4-13-8)9(10,11)12/h2-4,6,14H,5H2,1H3/t6-/m0/s1. The summed E-state index contributed by atoms with van der Waals surface area (Å²) in [7, 11) is 0. The largest absolute Gasteiger partial charge is 0.417 e. The van der Waals surface area contributed by atoms with Crippen LogP contribution >= 0.6 is 11.8 Å². The van der Waals surface area contributed by atoms with Crippen molar-refractivity contribution in [2.45, 2.75) is 24.2 Å². The quantitative estimate of drug-likeness (QED) is 0.820. The van der Waals surface area contributed by atoms with E-state index in [1.807, 2.05) is 0 Å². The number of pyridine rings is 1. The molecule has 0 radical (unpaired) electrons. The maximum Gasteiger partial charge on any atom is 0.417 e. The molecule has 0 amide bonds. The normalized spacial score (nSPS) is 13.9. The summed E-state index contributed by atoms with van der Waals surface area (Å²) < 4.78 is 36.4. The van der Waals surface area contributed by atoms with E-state index in [9.17, 15) is 13.2 Å². The lowest BCUT2D eigenvalue weighted by Crippen LogP contribution is -2.06. The van der Waals surface area contributed by atoms with Gasteiger partial charge in [0.2, 0.25) is 0 Å². The van der Waals surface area contributed by atoms with Crippen LogP contribution in [0.1, 0.15) is 12.5 Å². The van der Waals surface area contributed by atoms with Crippen LogP contribution in [-0.2, 0) is 6.18 Å². The van der Waals surface area contributed by atoms with E-state index in [4.69, 9.17) is 5.11 Å². The predicted molar refractivity (Wildman–Crippen MR) is 51.6 cm³/mol. The third-order valence-corrected chi connectivity index (χ3v) is 2.72. The number of nitrogens with zero attached hydrogens (tertiary/aromatic N) is 1. The van der Waals surface area contributed by atoms with Crippen molar-refractivity contribution in [1.82, 2.24) is 4.98 Å². The zero-order chi connectivity index (χ0) is 11.5. The Morgan fingerprint density at radius 3 is 2.53 bits per heavy atom. The fourth-order valence-corrected chi connectivity index (χ4v) is 1.54. The first-order chi connectivity index (χ1) is 6.89. The molecule has 6 heteroatoms. The third kappa shape index (κ3) is 4.09. The highest BCUT2D eigenvalue weighted by Gasteiger charge is 2.30. The molecule has 1 heterocycles. The molecule has 2 nitrogen and oxygen atoms in total. The molecule has 0 saturated carbocycles. The van der Waals surface area contributed by atoms with Crippen LogP contribution in [0.15, 0.2) is 23.4 Å². The molecule has 0 aliphatic rings. The molecule has 0 bridgehead atoms. The molecule has 0 unspecified atom stereocenters. The zero-order valence-corrected chi connectivity index (χ0v) is 8.77. The van der Waals surface area contributed by atoms with Crippen LogP contribution in [0.3, 0.4) is 0 Å². The molecule has 0 aliphatic carbocycles. The molecule has 15 heavy (non-hydrogen) atoms. The van der Waals surface area contributed by atoms with Gasteiger partial charge in [-0.05, 0) is 19.1 Å². The van der Waals surface area contributed by atoms with Gasteiger partial charge < -0.3 is 5.11 Å². The minimum absolute atomic E-state index is 0.415. The van der Waals surface area contributed by atoms with Crippen LogP contribution < -0.4 is 0 Å². The van der Waals surface area contributed by atoms with Gasteiger partial charge in [-0.1, -0.05) is 0 Å². The fraction of sp³-hybridized carbons (Fsp3) is 0.444. The average molecular weight is 237 g/mol. The highest BCUT2D eigenvalue weighted by atomic mass is 32.2. The first-order valence-electron chi connectivity index (χ1n) is 4.23. The van der Waals surface area contributed by atoms with Crippen molar-refractivity contribution in [1.29, 1.82) is 0 Å². The third-order valence-electron chi connectivity index (χ3n) is 1.54. The van der Waals surface area contributed by atoms with E-state index < -0.39 is 17.8 Å². The van der Waals surface area contributed by atoms with Gasteiger partial charge in [0.1, 0.15) is 0 Å². The number of aromatic nitrogens is 1. The van der Waals surface area contributed by atoms with Crippen molar-refractivity contribution < 1.29 is 18.3 Å². The van der Waals surface area contributed by atoms with Gasteiger partial charge in [-0.15, -0.1) is 11.8 Å². The van der Waals surface area contributed by atoms with Gasteiger partial charge in [0, 0.05) is 11.9 Å². The van der Waals surface area contributed by atoms with Crippen LogP contribution in [0.25, 0.3) is 0 Å². The number of aliphatic hydroxyl groups excluding tert-OH is 1. The second kappa shape index (κ2) is 4.85. The molecule has 1 rings (SSSR count). The maximum absolute atomic E-state index is 12.1. The number of rotatable bonds is 3. The molecule has 1 N–H and O–H groups in total. The van der Waals surface area contributed by atoms with E-state index >= 15 is 0 Å². The molecular formula is C9H10F3NOS. The lowest BCUT2D eigenvalue weighted by Gasteiger charge is -2.07. The van der Waals surface area contributed by atoms with Crippen LogP contribution in [0.5, 0.6) is 0 Å². The summed E-state index contributed by atoms with van der Waals surface area (Å²) in [5.74, 6) is 0.415. The molecule has 0 spiro atoms. The zero-order valence-electron chi connectivity index (χ0n) is 7.95. The Labute approximate surface area is 89.5 Å².